The number of aromatic nitrogens is 1. The van der Waals surface area contributed by atoms with Crippen LogP contribution in [-0.2, 0) is 4.79 Å². The van der Waals surface area contributed by atoms with E-state index in [0.29, 0.717) is 12.1 Å². The Morgan fingerprint density at radius 3 is 2.75 bits per heavy atom. The molecule has 6 heteroatoms. The minimum atomic E-state index is -0.412. The number of hydrogen-bond donors (Lipinski definition) is 2. The molecule has 0 aliphatic carbocycles. The van der Waals surface area contributed by atoms with Gasteiger partial charge in [-0.1, -0.05) is 11.8 Å². The molecular formula is C14H17N3O3. The predicted octanol–water partition coefficient (Wildman–Crippen LogP) is -0.367. The lowest BCUT2D eigenvalue weighted by Crippen LogP contribution is -2.38. The summed E-state index contributed by atoms with van der Waals surface area (Å²) in [6.45, 7) is 2.16. The van der Waals surface area contributed by atoms with Crippen molar-refractivity contribution in [3.05, 3.63) is 29.6 Å². The van der Waals surface area contributed by atoms with Gasteiger partial charge in [0.05, 0.1) is 6.54 Å². The minimum absolute atomic E-state index is 0.0586. The van der Waals surface area contributed by atoms with Crippen LogP contribution in [-0.4, -0.2) is 53.5 Å². The van der Waals surface area contributed by atoms with Gasteiger partial charge < -0.3 is 15.3 Å². The highest BCUT2D eigenvalue weighted by Crippen LogP contribution is 1.99. The summed E-state index contributed by atoms with van der Waals surface area (Å²) in [7, 11) is 1.67. The van der Waals surface area contributed by atoms with E-state index in [-0.39, 0.29) is 24.8 Å². The quantitative estimate of drug-likeness (QED) is 0.735. The van der Waals surface area contributed by atoms with Crippen LogP contribution in [0.15, 0.2) is 18.3 Å². The fourth-order valence-corrected chi connectivity index (χ4v) is 1.30. The molecule has 2 N–H and O–H groups in total. The number of aliphatic hydroxyl groups is 1. The van der Waals surface area contributed by atoms with Crippen LogP contribution >= 0.6 is 0 Å². The maximum atomic E-state index is 11.8. The fraction of sp³-hybridized carbons (Fsp3) is 0.357. The van der Waals surface area contributed by atoms with Crippen molar-refractivity contribution in [2.24, 2.45) is 0 Å². The van der Waals surface area contributed by atoms with Crippen molar-refractivity contribution < 1.29 is 14.7 Å². The summed E-state index contributed by atoms with van der Waals surface area (Å²) >= 11 is 0. The molecule has 0 fully saturated rings. The van der Waals surface area contributed by atoms with E-state index >= 15 is 0 Å². The highest BCUT2D eigenvalue weighted by molar-refractivity contribution is 5.94. The van der Waals surface area contributed by atoms with Crippen LogP contribution in [0.4, 0.5) is 0 Å². The van der Waals surface area contributed by atoms with Crippen LogP contribution in [0.25, 0.3) is 0 Å². The Morgan fingerprint density at radius 1 is 1.45 bits per heavy atom. The topological polar surface area (TPSA) is 82.5 Å². The lowest BCUT2D eigenvalue weighted by Gasteiger charge is -2.14. The predicted molar refractivity (Wildman–Crippen MR) is 73.8 cm³/mol. The van der Waals surface area contributed by atoms with E-state index in [1.54, 1.807) is 13.1 Å². The first-order valence-corrected chi connectivity index (χ1v) is 6.16. The van der Waals surface area contributed by atoms with Crippen LogP contribution in [0.2, 0.25) is 0 Å². The van der Waals surface area contributed by atoms with E-state index in [1.165, 1.54) is 17.2 Å². The smallest absolute Gasteiger partial charge is 0.270 e. The highest BCUT2D eigenvalue weighted by Gasteiger charge is 2.11. The molecule has 0 unspecified atom stereocenters. The molecule has 0 saturated carbocycles. The zero-order valence-electron chi connectivity index (χ0n) is 11.5. The number of nitrogens with zero attached hydrogens (tertiary/aromatic N) is 2. The molecule has 1 aromatic heterocycles. The van der Waals surface area contributed by atoms with Crippen LogP contribution in [0.1, 0.15) is 23.0 Å². The van der Waals surface area contributed by atoms with Crippen molar-refractivity contribution in [2.75, 3.05) is 26.7 Å². The fourth-order valence-electron chi connectivity index (χ4n) is 1.30. The summed E-state index contributed by atoms with van der Waals surface area (Å²) in [6, 6.07) is 3.15. The minimum Gasteiger partial charge on any atom is -0.384 e. The number of nitrogens with one attached hydrogen (secondary N) is 1. The zero-order valence-corrected chi connectivity index (χ0v) is 11.5. The third-order valence-corrected chi connectivity index (χ3v) is 2.61. The molecule has 0 radical (unpaired) electrons. The maximum Gasteiger partial charge on any atom is 0.270 e. The third kappa shape index (κ3) is 4.71. The lowest BCUT2D eigenvalue weighted by molar-refractivity contribution is -0.128. The summed E-state index contributed by atoms with van der Waals surface area (Å²) < 4.78 is 0. The van der Waals surface area contributed by atoms with Gasteiger partial charge in [0.1, 0.15) is 12.3 Å². The number of carbonyl (C=O) groups is 2. The summed E-state index contributed by atoms with van der Waals surface area (Å²) in [5.74, 6) is 4.59. The average Bonchev–Trinajstić information content (AvgIpc) is 2.49. The number of aliphatic hydroxyl groups excluding tert-OH is 1. The van der Waals surface area contributed by atoms with Gasteiger partial charge in [-0.2, -0.15) is 0 Å². The van der Waals surface area contributed by atoms with Gasteiger partial charge >= 0.3 is 0 Å². The Kier molecular flexibility index (Phi) is 6.20. The largest absolute Gasteiger partial charge is 0.384 e. The Bertz CT molecular complexity index is 529. The first kappa shape index (κ1) is 15.7. The van der Waals surface area contributed by atoms with E-state index in [0.717, 1.165) is 0 Å². The van der Waals surface area contributed by atoms with Crippen LogP contribution in [0.5, 0.6) is 0 Å². The van der Waals surface area contributed by atoms with Gasteiger partial charge in [-0.15, -0.1) is 0 Å². The molecule has 0 bridgehead atoms. The maximum absolute atomic E-state index is 11.8. The second-order valence-corrected chi connectivity index (χ2v) is 3.98. The van der Waals surface area contributed by atoms with Crippen molar-refractivity contribution >= 4 is 11.8 Å². The van der Waals surface area contributed by atoms with Crippen LogP contribution in [0.3, 0.4) is 0 Å². The van der Waals surface area contributed by atoms with Gasteiger partial charge in [0.2, 0.25) is 5.91 Å². The molecule has 6 nitrogen and oxygen atoms in total. The molecule has 2 amide bonds. The summed E-state index contributed by atoms with van der Waals surface area (Å²) in [6.07, 6.45) is 1.44. The van der Waals surface area contributed by atoms with Crippen molar-refractivity contribution in [2.45, 2.75) is 6.92 Å². The van der Waals surface area contributed by atoms with E-state index in [9.17, 15) is 9.59 Å². The third-order valence-electron chi connectivity index (χ3n) is 2.61. The van der Waals surface area contributed by atoms with Gasteiger partial charge in [-0.05, 0) is 19.1 Å². The van der Waals surface area contributed by atoms with E-state index in [2.05, 4.69) is 22.1 Å². The van der Waals surface area contributed by atoms with Crippen molar-refractivity contribution in [1.29, 1.82) is 0 Å². The first-order chi connectivity index (χ1) is 9.58. The molecule has 20 heavy (non-hydrogen) atoms. The molecule has 1 rings (SSSR count). The summed E-state index contributed by atoms with van der Waals surface area (Å²) in [5.41, 5.74) is 0.823. The molecule has 0 spiro atoms. The number of carbonyl (C=O) groups excluding carboxylic acids is 2. The van der Waals surface area contributed by atoms with E-state index < -0.39 is 5.91 Å². The van der Waals surface area contributed by atoms with Crippen molar-refractivity contribution in [3.63, 3.8) is 0 Å². The number of hydrogen-bond acceptors (Lipinski definition) is 4. The molecule has 1 heterocycles. The first-order valence-electron chi connectivity index (χ1n) is 6.16. The summed E-state index contributed by atoms with van der Waals surface area (Å²) in [5, 5.41) is 11.1. The number of amides is 2. The second kappa shape index (κ2) is 7.92. The standard InChI is InChI=1S/C14H17N3O3/c1-3-17(2)13(19)10-16-14(20)12-7-6-11(9-15-12)5-4-8-18/h6-7,9,18H,3,8,10H2,1-2H3,(H,16,20). The molecule has 0 saturated heterocycles. The number of pyridine rings is 1. The van der Waals surface area contributed by atoms with Gasteiger partial charge in [-0.3, -0.25) is 9.59 Å². The lowest BCUT2D eigenvalue weighted by atomic mass is 10.2. The van der Waals surface area contributed by atoms with Gasteiger partial charge in [0.15, 0.2) is 0 Å². The Morgan fingerprint density at radius 2 is 2.20 bits per heavy atom. The Balaban J connectivity index is 2.58. The van der Waals surface area contributed by atoms with Crippen molar-refractivity contribution in [3.8, 4) is 11.8 Å². The van der Waals surface area contributed by atoms with Gasteiger partial charge in [0, 0.05) is 25.4 Å². The van der Waals surface area contributed by atoms with Crippen molar-refractivity contribution in [1.82, 2.24) is 15.2 Å². The zero-order chi connectivity index (χ0) is 15.0. The van der Waals surface area contributed by atoms with Gasteiger partial charge in [0.25, 0.3) is 5.91 Å². The summed E-state index contributed by atoms with van der Waals surface area (Å²) in [4.78, 5) is 28.8. The molecule has 1 aromatic rings. The van der Waals surface area contributed by atoms with Crippen LogP contribution < -0.4 is 5.32 Å². The van der Waals surface area contributed by atoms with Gasteiger partial charge in [-0.25, -0.2) is 4.98 Å². The molecule has 106 valence electrons. The normalized spacial score (nSPS) is 9.35. The van der Waals surface area contributed by atoms with E-state index in [1.807, 2.05) is 6.92 Å². The molecular weight excluding hydrogens is 258 g/mol. The Labute approximate surface area is 117 Å². The monoisotopic (exact) mass is 275 g/mol. The molecule has 0 aliphatic heterocycles. The van der Waals surface area contributed by atoms with E-state index in [4.69, 9.17) is 5.11 Å². The number of likely N-dealkylation sites (N-methyl/N-ethyl adjacent to an activating group) is 1. The van der Waals surface area contributed by atoms with Crippen LogP contribution in [0, 0.1) is 11.8 Å². The Hall–Kier alpha value is -2.39. The molecule has 0 aromatic carbocycles. The second-order valence-electron chi connectivity index (χ2n) is 3.98. The molecule has 0 atom stereocenters. The number of rotatable bonds is 4. The average molecular weight is 275 g/mol. The SMILES string of the molecule is CCN(C)C(=O)CNC(=O)c1ccc(C#CCO)cn1. The molecule has 0 aliphatic rings. The highest BCUT2D eigenvalue weighted by atomic mass is 16.2.